The maximum atomic E-state index is 13.5. The molecule has 0 aromatic heterocycles. The van der Waals surface area contributed by atoms with Crippen LogP contribution in [0.3, 0.4) is 0 Å². The Kier molecular flexibility index (Phi) is 3.93. The minimum absolute atomic E-state index is 0.186. The molecule has 6 heteroatoms. The topological polar surface area (TPSA) is 49.3 Å². The van der Waals surface area contributed by atoms with Crippen molar-refractivity contribution >= 4 is 34.8 Å². The van der Waals surface area contributed by atoms with Crippen molar-refractivity contribution in [3.8, 4) is 5.75 Å². The number of nitrogens with one attached hydrogen (secondary N) is 1. The molecule has 0 atom stereocenters. The molecule has 0 spiro atoms. The number of carbonyl (C=O) groups is 1. The van der Waals surface area contributed by atoms with Crippen molar-refractivity contribution in [1.82, 2.24) is 0 Å². The smallest absolute Gasteiger partial charge is 0.258 e. The normalized spacial score (nSPS) is 10.3. The van der Waals surface area contributed by atoms with Gasteiger partial charge in [-0.15, -0.1) is 0 Å². The van der Waals surface area contributed by atoms with Crippen molar-refractivity contribution in [2.24, 2.45) is 0 Å². The second-order valence-corrected chi connectivity index (χ2v) is 4.65. The van der Waals surface area contributed by atoms with Crippen molar-refractivity contribution in [2.45, 2.75) is 0 Å². The zero-order valence-electron chi connectivity index (χ0n) is 9.45. The van der Waals surface area contributed by atoms with Crippen LogP contribution in [-0.4, -0.2) is 11.0 Å². The van der Waals surface area contributed by atoms with E-state index in [9.17, 15) is 9.18 Å². The third-order valence-electron chi connectivity index (χ3n) is 2.32. The lowest BCUT2D eigenvalue weighted by atomic mass is 10.2. The van der Waals surface area contributed by atoms with Gasteiger partial charge in [0.2, 0.25) is 0 Å². The summed E-state index contributed by atoms with van der Waals surface area (Å²) >= 11 is 11.6. The highest BCUT2D eigenvalue weighted by molar-refractivity contribution is 6.35. The first-order chi connectivity index (χ1) is 8.95. The molecule has 0 saturated carbocycles. The quantitative estimate of drug-likeness (QED) is 0.877. The number of carbonyl (C=O) groups excluding carboxylic acids is 1. The second kappa shape index (κ2) is 5.47. The number of phenols is 1. The lowest BCUT2D eigenvalue weighted by molar-refractivity contribution is 0.102. The zero-order valence-corrected chi connectivity index (χ0v) is 11.0. The molecule has 0 heterocycles. The van der Waals surface area contributed by atoms with Gasteiger partial charge in [0.1, 0.15) is 11.6 Å². The Labute approximate surface area is 118 Å². The molecule has 0 bridgehead atoms. The Balaban J connectivity index is 2.25. The van der Waals surface area contributed by atoms with Gasteiger partial charge in [-0.05, 0) is 30.3 Å². The Hall–Kier alpha value is -1.78. The Morgan fingerprint density at radius 3 is 2.32 bits per heavy atom. The molecule has 2 aromatic carbocycles. The van der Waals surface area contributed by atoms with Crippen LogP contribution >= 0.6 is 23.2 Å². The van der Waals surface area contributed by atoms with Crippen LogP contribution in [0.15, 0.2) is 36.4 Å². The molecule has 0 aliphatic heterocycles. The molecule has 2 aromatic rings. The van der Waals surface area contributed by atoms with Gasteiger partial charge in [-0.1, -0.05) is 23.2 Å². The summed E-state index contributed by atoms with van der Waals surface area (Å²) in [5.41, 5.74) is 0.170. The highest BCUT2D eigenvalue weighted by atomic mass is 35.5. The van der Waals surface area contributed by atoms with Gasteiger partial charge < -0.3 is 10.4 Å². The van der Waals surface area contributed by atoms with E-state index in [1.165, 1.54) is 30.3 Å². The van der Waals surface area contributed by atoms with Crippen LogP contribution in [-0.2, 0) is 0 Å². The third kappa shape index (κ3) is 3.36. The van der Waals surface area contributed by atoms with Gasteiger partial charge >= 0.3 is 0 Å². The maximum Gasteiger partial charge on any atom is 0.258 e. The Bertz CT molecular complexity index is 626. The summed E-state index contributed by atoms with van der Waals surface area (Å²) in [5.74, 6) is -1.72. The van der Waals surface area contributed by atoms with Gasteiger partial charge in [0.25, 0.3) is 5.91 Å². The number of amides is 1. The van der Waals surface area contributed by atoms with Crippen LogP contribution in [0.1, 0.15) is 10.4 Å². The van der Waals surface area contributed by atoms with Gasteiger partial charge in [-0.2, -0.15) is 0 Å². The van der Waals surface area contributed by atoms with E-state index in [1.54, 1.807) is 0 Å². The number of rotatable bonds is 2. The molecule has 0 aliphatic carbocycles. The van der Waals surface area contributed by atoms with Crippen LogP contribution in [0.5, 0.6) is 5.75 Å². The molecule has 98 valence electrons. The summed E-state index contributed by atoms with van der Waals surface area (Å²) in [6.45, 7) is 0. The minimum Gasteiger partial charge on any atom is -0.508 e. The average Bonchev–Trinajstić information content (AvgIpc) is 2.26. The molecule has 0 saturated heterocycles. The van der Waals surface area contributed by atoms with Gasteiger partial charge in [0.15, 0.2) is 0 Å². The maximum absolute atomic E-state index is 13.5. The number of phenolic OH excluding ortho intramolecular Hbond substituents is 1. The van der Waals surface area contributed by atoms with E-state index in [0.29, 0.717) is 15.7 Å². The van der Waals surface area contributed by atoms with Crippen LogP contribution in [0.4, 0.5) is 10.1 Å². The van der Waals surface area contributed by atoms with Crippen LogP contribution in [0, 0.1) is 5.82 Å². The first-order valence-electron chi connectivity index (χ1n) is 5.21. The van der Waals surface area contributed by atoms with Crippen molar-refractivity contribution < 1.29 is 14.3 Å². The summed E-state index contributed by atoms with van der Waals surface area (Å²) in [4.78, 5) is 11.8. The summed E-state index contributed by atoms with van der Waals surface area (Å²) in [6.07, 6.45) is 0. The molecule has 0 fully saturated rings. The lowest BCUT2D eigenvalue weighted by Crippen LogP contribution is -2.13. The first-order valence-corrected chi connectivity index (χ1v) is 5.97. The molecular formula is C13H8Cl2FNO2. The van der Waals surface area contributed by atoms with Gasteiger partial charge in [-0.3, -0.25) is 4.79 Å². The summed E-state index contributed by atoms with van der Waals surface area (Å²) < 4.78 is 13.5. The van der Waals surface area contributed by atoms with E-state index in [1.807, 2.05) is 0 Å². The molecular weight excluding hydrogens is 292 g/mol. The third-order valence-corrected chi connectivity index (χ3v) is 2.75. The Morgan fingerprint density at radius 2 is 1.74 bits per heavy atom. The zero-order chi connectivity index (χ0) is 14.0. The molecule has 3 nitrogen and oxygen atoms in total. The van der Waals surface area contributed by atoms with Crippen LogP contribution in [0.25, 0.3) is 0 Å². The van der Waals surface area contributed by atoms with Crippen LogP contribution in [0.2, 0.25) is 10.0 Å². The van der Waals surface area contributed by atoms with E-state index >= 15 is 0 Å². The van der Waals surface area contributed by atoms with Crippen molar-refractivity contribution in [3.05, 3.63) is 57.8 Å². The van der Waals surface area contributed by atoms with Gasteiger partial charge in [0.05, 0.1) is 5.56 Å². The fraction of sp³-hybridized carbons (Fsp3) is 0. The highest BCUT2D eigenvalue weighted by Crippen LogP contribution is 2.23. The summed E-state index contributed by atoms with van der Waals surface area (Å²) in [6, 6.07) is 7.77. The number of aromatic hydroxyl groups is 1. The summed E-state index contributed by atoms with van der Waals surface area (Å²) in [5, 5.41) is 12.3. The van der Waals surface area contributed by atoms with Gasteiger partial charge in [0, 0.05) is 21.8 Å². The molecule has 1 amide bonds. The fourth-order valence-corrected chi connectivity index (χ4v) is 2.04. The molecule has 0 aliphatic rings. The Morgan fingerprint density at radius 1 is 1.11 bits per heavy atom. The number of hydrogen-bond donors (Lipinski definition) is 2. The molecule has 2 N–H and O–H groups in total. The SMILES string of the molecule is O=C(Nc1cc(Cl)cc(Cl)c1)c1ccc(O)cc1F. The van der Waals surface area contributed by atoms with Gasteiger partial charge in [-0.25, -0.2) is 4.39 Å². The predicted molar refractivity (Wildman–Crippen MR) is 72.5 cm³/mol. The minimum atomic E-state index is -0.814. The van der Waals surface area contributed by atoms with E-state index in [0.717, 1.165) is 6.07 Å². The number of hydrogen-bond acceptors (Lipinski definition) is 2. The predicted octanol–water partition coefficient (Wildman–Crippen LogP) is 4.09. The first kappa shape index (κ1) is 13.6. The molecule has 2 rings (SSSR count). The summed E-state index contributed by atoms with van der Waals surface area (Å²) in [7, 11) is 0. The average molecular weight is 300 g/mol. The monoisotopic (exact) mass is 299 g/mol. The number of benzene rings is 2. The standard InChI is InChI=1S/C13H8Cl2FNO2/c14-7-3-8(15)5-9(4-7)17-13(19)11-2-1-10(18)6-12(11)16/h1-6,18H,(H,17,19). The largest absolute Gasteiger partial charge is 0.508 e. The van der Waals surface area contributed by atoms with E-state index in [-0.39, 0.29) is 11.3 Å². The highest BCUT2D eigenvalue weighted by Gasteiger charge is 2.12. The van der Waals surface area contributed by atoms with Crippen molar-refractivity contribution in [3.63, 3.8) is 0 Å². The van der Waals surface area contributed by atoms with E-state index < -0.39 is 11.7 Å². The van der Waals surface area contributed by atoms with Crippen molar-refractivity contribution in [2.75, 3.05) is 5.32 Å². The van der Waals surface area contributed by atoms with E-state index in [2.05, 4.69) is 5.32 Å². The van der Waals surface area contributed by atoms with Crippen LogP contribution < -0.4 is 5.32 Å². The number of anilines is 1. The molecule has 0 unspecified atom stereocenters. The van der Waals surface area contributed by atoms with E-state index in [4.69, 9.17) is 28.3 Å². The molecule has 19 heavy (non-hydrogen) atoms. The lowest BCUT2D eigenvalue weighted by Gasteiger charge is -2.07. The number of halogens is 3. The fourth-order valence-electron chi connectivity index (χ4n) is 1.51. The second-order valence-electron chi connectivity index (χ2n) is 3.78. The van der Waals surface area contributed by atoms with Crippen molar-refractivity contribution in [1.29, 1.82) is 0 Å². The molecule has 0 radical (unpaired) electrons.